The van der Waals surface area contributed by atoms with Gasteiger partial charge in [-0.25, -0.2) is 4.68 Å². The minimum absolute atomic E-state index is 0.138. The molecule has 0 bridgehead atoms. The van der Waals surface area contributed by atoms with E-state index < -0.39 is 17.4 Å². The van der Waals surface area contributed by atoms with Gasteiger partial charge < -0.3 is 15.6 Å². The fourth-order valence-corrected chi connectivity index (χ4v) is 2.14. The molecule has 24 heavy (non-hydrogen) atoms. The molecule has 130 valence electrons. The molecule has 2 heterocycles. The van der Waals surface area contributed by atoms with Gasteiger partial charge in [0.25, 0.3) is 5.91 Å². The van der Waals surface area contributed by atoms with Crippen LogP contribution in [0.3, 0.4) is 0 Å². The van der Waals surface area contributed by atoms with Crippen molar-refractivity contribution in [1.82, 2.24) is 25.5 Å². The number of hydrogen-bond donors (Lipinski definition) is 2. The van der Waals surface area contributed by atoms with E-state index >= 15 is 0 Å². The largest absolute Gasteiger partial charge is 0.368 e. The van der Waals surface area contributed by atoms with Gasteiger partial charge in [0.05, 0.1) is 11.4 Å². The second-order valence-corrected chi connectivity index (χ2v) is 6.29. The zero-order chi connectivity index (χ0) is 18.1. The number of aryl methyl sites for hydroxylation is 1. The number of rotatable bonds is 6. The molecule has 3 N–H and O–H groups in total. The third kappa shape index (κ3) is 3.29. The number of nitrogens with two attached hydrogens (primary N) is 1. The summed E-state index contributed by atoms with van der Waals surface area (Å²) < 4.78 is 6.67. The molecule has 0 aromatic carbocycles. The summed E-state index contributed by atoms with van der Waals surface area (Å²) in [5.41, 5.74) is 5.71. The molecule has 2 amide bonds. The van der Waals surface area contributed by atoms with Crippen molar-refractivity contribution in [3.8, 4) is 0 Å². The smallest absolute Gasteiger partial charge is 0.274 e. The first-order valence-corrected chi connectivity index (χ1v) is 7.59. The van der Waals surface area contributed by atoms with E-state index in [1.165, 1.54) is 4.68 Å². The van der Waals surface area contributed by atoms with Gasteiger partial charge in [-0.05, 0) is 26.7 Å². The quantitative estimate of drug-likeness (QED) is 0.794. The SMILES string of the molecule is Cc1cc(Cn2nnc(C(=O)NC(C)(C(N)=O)C(C)C)c2C)on1. The number of carbonyl (C=O) groups excluding carboxylic acids is 2. The summed E-state index contributed by atoms with van der Waals surface area (Å²) in [6, 6.07) is 1.78. The van der Waals surface area contributed by atoms with Gasteiger partial charge in [-0.2, -0.15) is 0 Å². The van der Waals surface area contributed by atoms with E-state index in [-0.39, 0.29) is 11.6 Å². The zero-order valence-corrected chi connectivity index (χ0v) is 14.5. The Kier molecular flexibility index (Phi) is 4.72. The van der Waals surface area contributed by atoms with E-state index in [1.807, 2.05) is 6.92 Å². The Balaban J connectivity index is 2.20. The highest BCUT2D eigenvalue weighted by Crippen LogP contribution is 2.17. The Bertz CT molecular complexity index is 763. The van der Waals surface area contributed by atoms with Gasteiger partial charge in [-0.3, -0.25) is 9.59 Å². The van der Waals surface area contributed by atoms with Crippen LogP contribution in [-0.4, -0.2) is 37.5 Å². The number of carbonyl (C=O) groups is 2. The molecule has 0 fully saturated rings. The van der Waals surface area contributed by atoms with Crippen LogP contribution < -0.4 is 11.1 Å². The van der Waals surface area contributed by atoms with Crippen molar-refractivity contribution < 1.29 is 14.1 Å². The van der Waals surface area contributed by atoms with Crippen LogP contribution in [0.25, 0.3) is 0 Å². The van der Waals surface area contributed by atoms with E-state index in [0.717, 1.165) is 5.69 Å². The second-order valence-electron chi connectivity index (χ2n) is 6.29. The van der Waals surface area contributed by atoms with Gasteiger partial charge >= 0.3 is 0 Å². The maximum atomic E-state index is 12.5. The lowest BCUT2D eigenvalue weighted by Gasteiger charge is -2.31. The summed E-state index contributed by atoms with van der Waals surface area (Å²) >= 11 is 0. The van der Waals surface area contributed by atoms with Crippen molar-refractivity contribution in [2.45, 2.75) is 46.7 Å². The summed E-state index contributed by atoms with van der Waals surface area (Å²) in [4.78, 5) is 24.2. The van der Waals surface area contributed by atoms with E-state index in [4.69, 9.17) is 10.3 Å². The molecule has 1 atom stereocenters. The van der Waals surface area contributed by atoms with E-state index in [9.17, 15) is 9.59 Å². The Morgan fingerprint density at radius 1 is 1.42 bits per heavy atom. The highest BCUT2D eigenvalue weighted by molar-refractivity contribution is 5.98. The average molecular weight is 334 g/mol. The van der Waals surface area contributed by atoms with Gasteiger partial charge in [0, 0.05) is 6.07 Å². The van der Waals surface area contributed by atoms with Crippen LogP contribution in [0.15, 0.2) is 10.6 Å². The molecule has 0 aliphatic carbocycles. The van der Waals surface area contributed by atoms with Crippen molar-refractivity contribution in [1.29, 1.82) is 0 Å². The lowest BCUT2D eigenvalue weighted by molar-refractivity contribution is -0.125. The van der Waals surface area contributed by atoms with Crippen molar-refractivity contribution in [3.63, 3.8) is 0 Å². The predicted molar refractivity (Wildman–Crippen MR) is 85.0 cm³/mol. The molecule has 9 nitrogen and oxygen atoms in total. The highest BCUT2D eigenvalue weighted by Gasteiger charge is 2.37. The van der Waals surface area contributed by atoms with Gasteiger partial charge in [-0.15, -0.1) is 5.10 Å². The first kappa shape index (κ1) is 17.6. The Labute approximate surface area is 139 Å². The summed E-state index contributed by atoms with van der Waals surface area (Å²) in [7, 11) is 0. The van der Waals surface area contributed by atoms with Crippen LogP contribution in [0.5, 0.6) is 0 Å². The van der Waals surface area contributed by atoms with E-state index in [2.05, 4.69) is 20.8 Å². The molecule has 2 rings (SSSR count). The van der Waals surface area contributed by atoms with Gasteiger partial charge in [-0.1, -0.05) is 24.2 Å². The van der Waals surface area contributed by atoms with Gasteiger partial charge in [0.1, 0.15) is 12.1 Å². The Hall–Kier alpha value is -2.71. The van der Waals surface area contributed by atoms with Crippen LogP contribution in [-0.2, 0) is 11.3 Å². The number of nitrogens with one attached hydrogen (secondary N) is 1. The molecule has 0 saturated carbocycles. The lowest BCUT2D eigenvalue weighted by atomic mass is 9.87. The fourth-order valence-electron chi connectivity index (χ4n) is 2.14. The standard InChI is InChI=1S/C15H22N6O3/c1-8(2)15(5,14(16)23)17-13(22)12-10(4)21(20-18-12)7-11-6-9(3)19-24-11/h6,8H,7H2,1-5H3,(H2,16,23)(H,17,22). The number of amides is 2. The van der Waals surface area contributed by atoms with Crippen LogP contribution in [0, 0.1) is 19.8 Å². The molecule has 0 aliphatic heterocycles. The summed E-state index contributed by atoms with van der Waals surface area (Å²) in [5, 5.41) is 14.3. The molecule has 0 spiro atoms. The third-order valence-corrected chi connectivity index (χ3v) is 4.22. The van der Waals surface area contributed by atoms with Crippen LogP contribution in [0.4, 0.5) is 0 Å². The summed E-state index contributed by atoms with van der Waals surface area (Å²) in [6.45, 7) is 9.05. The number of nitrogens with zero attached hydrogens (tertiary/aromatic N) is 4. The molecule has 0 aliphatic rings. The third-order valence-electron chi connectivity index (χ3n) is 4.22. The first-order valence-electron chi connectivity index (χ1n) is 7.59. The van der Waals surface area contributed by atoms with E-state index in [1.54, 1.807) is 33.8 Å². The minimum Gasteiger partial charge on any atom is -0.368 e. The first-order chi connectivity index (χ1) is 11.1. The fraction of sp³-hybridized carbons (Fsp3) is 0.533. The molecule has 9 heteroatoms. The Morgan fingerprint density at radius 2 is 2.08 bits per heavy atom. The molecule has 0 radical (unpaired) electrons. The van der Waals surface area contributed by atoms with Crippen molar-refractivity contribution in [2.24, 2.45) is 11.7 Å². The van der Waals surface area contributed by atoms with Gasteiger partial charge in [0.15, 0.2) is 11.5 Å². The average Bonchev–Trinajstić information content (AvgIpc) is 3.05. The molecular weight excluding hydrogens is 312 g/mol. The maximum Gasteiger partial charge on any atom is 0.274 e. The van der Waals surface area contributed by atoms with Crippen molar-refractivity contribution in [3.05, 3.63) is 28.9 Å². The minimum atomic E-state index is -1.17. The number of primary amides is 1. The van der Waals surface area contributed by atoms with Crippen LogP contribution >= 0.6 is 0 Å². The lowest BCUT2D eigenvalue weighted by Crippen LogP contribution is -2.58. The number of aromatic nitrogens is 4. The highest BCUT2D eigenvalue weighted by atomic mass is 16.5. The summed E-state index contributed by atoms with van der Waals surface area (Å²) in [5.74, 6) is -0.668. The Morgan fingerprint density at radius 3 is 2.58 bits per heavy atom. The second kappa shape index (κ2) is 6.42. The molecule has 2 aromatic heterocycles. The van der Waals surface area contributed by atoms with Crippen LogP contribution in [0.2, 0.25) is 0 Å². The monoisotopic (exact) mass is 334 g/mol. The zero-order valence-electron chi connectivity index (χ0n) is 14.5. The normalized spacial score (nSPS) is 13.8. The van der Waals surface area contributed by atoms with Gasteiger partial charge in [0.2, 0.25) is 5.91 Å². The maximum absolute atomic E-state index is 12.5. The predicted octanol–water partition coefficient (Wildman–Crippen LogP) is 0.561. The molecule has 2 aromatic rings. The molecule has 1 unspecified atom stereocenters. The van der Waals surface area contributed by atoms with Crippen LogP contribution in [0.1, 0.15) is 48.4 Å². The number of hydrogen-bond acceptors (Lipinski definition) is 6. The topological polar surface area (TPSA) is 129 Å². The van der Waals surface area contributed by atoms with E-state index in [0.29, 0.717) is 18.0 Å². The molecule has 0 saturated heterocycles. The van der Waals surface area contributed by atoms with Crippen molar-refractivity contribution in [2.75, 3.05) is 0 Å². The summed E-state index contributed by atoms with van der Waals surface area (Å²) in [6.07, 6.45) is 0. The van der Waals surface area contributed by atoms with Crippen molar-refractivity contribution >= 4 is 11.8 Å². The molecular formula is C15H22N6O3.